The van der Waals surface area contributed by atoms with Crippen molar-refractivity contribution in [3.63, 3.8) is 0 Å². The second-order valence-electron chi connectivity index (χ2n) is 2.98. The lowest BCUT2D eigenvalue weighted by Crippen LogP contribution is -1.95. The van der Waals surface area contributed by atoms with E-state index in [9.17, 15) is 0 Å². The summed E-state index contributed by atoms with van der Waals surface area (Å²) in [5.74, 6) is 0.426. The molecule has 2 rings (SSSR count). The molecule has 4 heteroatoms. The molecule has 2 aromatic heterocycles. The van der Waals surface area contributed by atoms with Crippen LogP contribution in [0.3, 0.4) is 0 Å². The third kappa shape index (κ3) is 1.54. The number of rotatable bonds is 1. The standard InChI is InChI=1S/C10H10N4/c1-7-8(3-2-6-12-7)9-4-5-10(11)14-13-9/h2-6H,1H3,(H2,11,14). The average molecular weight is 186 g/mol. The summed E-state index contributed by atoms with van der Waals surface area (Å²) < 4.78 is 0. The minimum Gasteiger partial charge on any atom is -0.382 e. The summed E-state index contributed by atoms with van der Waals surface area (Å²) in [5, 5.41) is 7.79. The van der Waals surface area contributed by atoms with Crippen LogP contribution in [0.2, 0.25) is 0 Å². The van der Waals surface area contributed by atoms with Crippen LogP contribution in [0.5, 0.6) is 0 Å². The summed E-state index contributed by atoms with van der Waals surface area (Å²) in [7, 11) is 0. The van der Waals surface area contributed by atoms with Crippen LogP contribution >= 0.6 is 0 Å². The summed E-state index contributed by atoms with van der Waals surface area (Å²) in [6, 6.07) is 7.41. The zero-order chi connectivity index (χ0) is 9.97. The Hall–Kier alpha value is -1.97. The lowest BCUT2D eigenvalue weighted by molar-refractivity contribution is 1.04. The molecule has 0 aromatic carbocycles. The molecule has 0 saturated carbocycles. The maximum atomic E-state index is 5.45. The Kier molecular flexibility index (Phi) is 2.10. The maximum Gasteiger partial charge on any atom is 0.146 e. The van der Waals surface area contributed by atoms with E-state index < -0.39 is 0 Å². The van der Waals surface area contributed by atoms with Crippen molar-refractivity contribution in [3.8, 4) is 11.3 Å². The van der Waals surface area contributed by atoms with E-state index in [1.165, 1.54) is 0 Å². The SMILES string of the molecule is Cc1ncccc1-c1ccc(N)nn1. The second kappa shape index (κ2) is 3.41. The van der Waals surface area contributed by atoms with E-state index in [0.717, 1.165) is 17.0 Å². The van der Waals surface area contributed by atoms with Crippen molar-refractivity contribution >= 4 is 5.82 Å². The third-order valence-electron chi connectivity index (χ3n) is 1.97. The number of nitrogens with zero attached hydrogens (tertiary/aromatic N) is 3. The van der Waals surface area contributed by atoms with Gasteiger partial charge in [0.2, 0.25) is 0 Å². The Labute approximate surface area is 81.8 Å². The molecule has 14 heavy (non-hydrogen) atoms. The van der Waals surface area contributed by atoms with Crippen LogP contribution in [-0.4, -0.2) is 15.2 Å². The summed E-state index contributed by atoms with van der Waals surface area (Å²) >= 11 is 0. The van der Waals surface area contributed by atoms with Gasteiger partial charge in [-0.15, -0.1) is 10.2 Å². The van der Waals surface area contributed by atoms with Crippen molar-refractivity contribution < 1.29 is 0 Å². The fourth-order valence-corrected chi connectivity index (χ4v) is 1.24. The Balaban J connectivity index is 2.50. The molecule has 0 bridgehead atoms. The number of nitrogen functional groups attached to an aromatic ring is 1. The van der Waals surface area contributed by atoms with Crippen LogP contribution in [0.4, 0.5) is 5.82 Å². The molecule has 2 N–H and O–H groups in total. The molecule has 0 spiro atoms. The van der Waals surface area contributed by atoms with Gasteiger partial charge < -0.3 is 5.73 Å². The predicted octanol–water partition coefficient (Wildman–Crippen LogP) is 1.43. The van der Waals surface area contributed by atoms with Gasteiger partial charge in [0.15, 0.2) is 0 Å². The molecular weight excluding hydrogens is 176 g/mol. The average Bonchev–Trinajstić information content (AvgIpc) is 2.20. The molecule has 70 valence electrons. The zero-order valence-corrected chi connectivity index (χ0v) is 7.81. The van der Waals surface area contributed by atoms with E-state index in [1.807, 2.05) is 25.1 Å². The number of aromatic nitrogens is 3. The van der Waals surface area contributed by atoms with E-state index >= 15 is 0 Å². The van der Waals surface area contributed by atoms with Crippen molar-refractivity contribution in [1.82, 2.24) is 15.2 Å². The first-order chi connectivity index (χ1) is 6.77. The molecule has 0 fully saturated rings. The minimum absolute atomic E-state index is 0.426. The third-order valence-corrected chi connectivity index (χ3v) is 1.97. The predicted molar refractivity (Wildman–Crippen MR) is 54.4 cm³/mol. The van der Waals surface area contributed by atoms with Crippen molar-refractivity contribution in [2.75, 3.05) is 5.73 Å². The first-order valence-corrected chi connectivity index (χ1v) is 4.28. The molecule has 0 saturated heterocycles. The van der Waals surface area contributed by atoms with Gasteiger partial charge in [-0.2, -0.15) is 0 Å². The lowest BCUT2D eigenvalue weighted by atomic mass is 10.1. The fraction of sp³-hybridized carbons (Fsp3) is 0.100. The normalized spacial score (nSPS) is 10.1. The lowest BCUT2D eigenvalue weighted by Gasteiger charge is -2.02. The van der Waals surface area contributed by atoms with Crippen LogP contribution in [0, 0.1) is 6.92 Å². The molecule has 0 aliphatic carbocycles. The minimum atomic E-state index is 0.426. The molecule has 0 radical (unpaired) electrons. The summed E-state index contributed by atoms with van der Waals surface area (Å²) in [4.78, 5) is 4.18. The molecule has 0 unspecified atom stereocenters. The Morgan fingerprint density at radius 1 is 1.14 bits per heavy atom. The Morgan fingerprint density at radius 2 is 2.00 bits per heavy atom. The molecular formula is C10H10N4. The van der Waals surface area contributed by atoms with Gasteiger partial charge >= 0.3 is 0 Å². The van der Waals surface area contributed by atoms with Gasteiger partial charge in [-0.3, -0.25) is 4.98 Å². The van der Waals surface area contributed by atoms with Gasteiger partial charge in [0, 0.05) is 17.5 Å². The highest BCUT2D eigenvalue weighted by Crippen LogP contribution is 2.18. The van der Waals surface area contributed by atoms with Crippen LogP contribution in [-0.2, 0) is 0 Å². The van der Waals surface area contributed by atoms with E-state index in [4.69, 9.17) is 5.73 Å². The van der Waals surface area contributed by atoms with Crippen LogP contribution in [0.25, 0.3) is 11.3 Å². The number of hydrogen-bond acceptors (Lipinski definition) is 4. The number of nitrogens with two attached hydrogens (primary N) is 1. The molecule has 2 aromatic rings. The van der Waals surface area contributed by atoms with E-state index in [2.05, 4.69) is 15.2 Å². The van der Waals surface area contributed by atoms with Gasteiger partial charge in [-0.1, -0.05) is 0 Å². The number of pyridine rings is 1. The van der Waals surface area contributed by atoms with Gasteiger partial charge in [-0.25, -0.2) is 0 Å². The van der Waals surface area contributed by atoms with Gasteiger partial charge in [0.05, 0.1) is 5.69 Å². The summed E-state index contributed by atoms with van der Waals surface area (Å²) in [6.45, 7) is 1.94. The summed E-state index contributed by atoms with van der Waals surface area (Å²) in [5.41, 5.74) is 8.17. The first kappa shape index (κ1) is 8.62. The van der Waals surface area contributed by atoms with E-state index in [1.54, 1.807) is 12.3 Å². The number of aryl methyl sites for hydroxylation is 1. The van der Waals surface area contributed by atoms with Crippen molar-refractivity contribution in [1.29, 1.82) is 0 Å². The molecule has 2 heterocycles. The largest absolute Gasteiger partial charge is 0.382 e. The highest BCUT2D eigenvalue weighted by atomic mass is 15.1. The molecule has 0 aliphatic rings. The van der Waals surface area contributed by atoms with Crippen LogP contribution < -0.4 is 5.73 Å². The maximum absolute atomic E-state index is 5.45. The quantitative estimate of drug-likeness (QED) is 0.731. The number of anilines is 1. The highest BCUT2D eigenvalue weighted by Gasteiger charge is 2.03. The topological polar surface area (TPSA) is 64.7 Å². The second-order valence-corrected chi connectivity index (χ2v) is 2.98. The van der Waals surface area contributed by atoms with E-state index in [-0.39, 0.29) is 0 Å². The molecule has 0 aliphatic heterocycles. The van der Waals surface area contributed by atoms with Crippen molar-refractivity contribution in [2.24, 2.45) is 0 Å². The Morgan fingerprint density at radius 3 is 2.64 bits per heavy atom. The van der Waals surface area contributed by atoms with Gasteiger partial charge in [0.25, 0.3) is 0 Å². The van der Waals surface area contributed by atoms with Crippen molar-refractivity contribution in [3.05, 3.63) is 36.2 Å². The molecule has 4 nitrogen and oxygen atoms in total. The highest BCUT2D eigenvalue weighted by molar-refractivity contribution is 5.61. The van der Waals surface area contributed by atoms with Crippen LogP contribution in [0.1, 0.15) is 5.69 Å². The van der Waals surface area contributed by atoms with E-state index in [0.29, 0.717) is 5.82 Å². The molecule has 0 atom stereocenters. The van der Waals surface area contributed by atoms with Crippen molar-refractivity contribution in [2.45, 2.75) is 6.92 Å². The molecule has 0 amide bonds. The zero-order valence-electron chi connectivity index (χ0n) is 7.81. The first-order valence-electron chi connectivity index (χ1n) is 4.28. The van der Waals surface area contributed by atoms with Gasteiger partial charge in [0.1, 0.15) is 5.82 Å². The summed E-state index contributed by atoms with van der Waals surface area (Å²) in [6.07, 6.45) is 1.75. The smallest absolute Gasteiger partial charge is 0.146 e. The fourth-order valence-electron chi connectivity index (χ4n) is 1.24. The van der Waals surface area contributed by atoms with Crippen LogP contribution in [0.15, 0.2) is 30.5 Å². The Bertz CT molecular complexity index is 436. The number of hydrogen-bond donors (Lipinski definition) is 1. The monoisotopic (exact) mass is 186 g/mol. The van der Waals surface area contributed by atoms with Gasteiger partial charge in [-0.05, 0) is 31.2 Å².